The van der Waals surface area contributed by atoms with Crippen molar-refractivity contribution in [2.45, 2.75) is 13.3 Å². The van der Waals surface area contributed by atoms with E-state index in [9.17, 15) is 4.39 Å². The quantitative estimate of drug-likeness (QED) is 0.854. The molecule has 0 saturated carbocycles. The molecule has 0 unspecified atom stereocenters. The highest BCUT2D eigenvalue weighted by Crippen LogP contribution is 2.20. The molecule has 1 aromatic heterocycles. The van der Waals surface area contributed by atoms with Crippen LogP contribution in [0.15, 0.2) is 30.6 Å². The van der Waals surface area contributed by atoms with Crippen LogP contribution in [0.2, 0.25) is 0 Å². The number of benzene rings is 1. The highest BCUT2D eigenvalue weighted by molar-refractivity contribution is 5.62. The normalized spacial score (nSPS) is 9.95. The van der Waals surface area contributed by atoms with Crippen molar-refractivity contribution in [1.82, 2.24) is 9.97 Å². The monoisotopic (exact) mass is 256 g/mol. The van der Waals surface area contributed by atoms with Gasteiger partial charge in [-0.2, -0.15) is 5.26 Å². The first kappa shape index (κ1) is 13.0. The molecular formula is C14H13FN4. The van der Waals surface area contributed by atoms with E-state index in [1.165, 1.54) is 6.07 Å². The van der Waals surface area contributed by atoms with Crippen molar-refractivity contribution in [3.63, 3.8) is 0 Å². The Bertz CT molecular complexity index is 602. The minimum Gasteiger partial charge on any atom is -0.353 e. The zero-order chi connectivity index (χ0) is 13.7. The zero-order valence-electron chi connectivity index (χ0n) is 10.5. The van der Waals surface area contributed by atoms with Gasteiger partial charge in [0.2, 0.25) is 5.95 Å². The van der Waals surface area contributed by atoms with Crippen LogP contribution >= 0.6 is 0 Å². The highest BCUT2D eigenvalue weighted by Gasteiger charge is 2.03. The van der Waals surface area contributed by atoms with Gasteiger partial charge in [0.15, 0.2) is 0 Å². The van der Waals surface area contributed by atoms with Gasteiger partial charge in [0, 0.05) is 24.5 Å². The van der Waals surface area contributed by atoms with E-state index in [1.807, 2.05) is 6.07 Å². The topological polar surface area (TPSA) is 61.6 Å². The molecule has 5 heteroatoms. The Hall–Kier alpha value is -2.48. The van der Waals surface area contributed by atoms with Crippen molar-refractivity contribution in [3.05, 3.63) is 42.0 Å². The summed E-state index contributed by atoms with van der Waals surface area (Å²) in [5.74, 6) is 0.261. The first-order valence-corrected chi connectivity index (χ1v) is 5.90. The lowest BCUT2D eigenvalue weighted by Crippen LogP contribution is -2.04. The number of hydrogen-bond acceptors (Lipinski definition) is 4. The molecule has 2 aromatic rings. The van der Waals surface area contributed by atoms with Crippen molar-refractivity contribution >= 4 is 5.95 Å². The molecule has 0 bridgehead atoms. The molecular weight excluding hydrogens is 243 g/mol. The van der Waals surface area contributed by atoms with Crippen molar-refractivity contribution in [1.29, 1.82) is 5.26 Å². The second kappa shape index (κ2) is 5.91. The molecule has 1 heterocycles. The summed E-state index contributed by atoms with van der Waals surface area (Å²) in [6.45, 7) is 2.24. The van der Waals surface area contributed by atoms with E-state index in [4.69, 9.17) is 5.26 Å². The van der Waals surface area contributed by atoms with Crippen LogP contribution in [-0.4, -0.2) is 16.5 Å². The van der Waals surface area contributed by atoms with Crippen LogP contribution in [0.25, 0.3) is 11.1 Å². The third kappa shape index (κ3) is 3.26. The number of nitrogens with zero attached hydrogens (tertiary/aromatic N) is 3. The van der Waals surface area contributed by atoms with Gasteiger partial charge in [-0.1, -0.05) is 6.07 Å². The van der Waals surface area contributed by atoms with Gasteiger partial charge >= 0.3 is 0 Å². The maximum Gasteiger partial charge on any atom is 0.222 e. The van der Waals surface area contributed by atoms with Gasteiger partial charge in [0.25, 0.3) is 0 Å². The second-order valence-corrected chi connectivity index (χ2v) is 4.09. The van der Waals surface area contributed by atoms with Gasteiger partial charge in [-0.15, -0.1) is 0 Å². The largest absolute Gasteiger partial charge is 0.353 e. The maximum absolute atomic E-state index is 13.2. The Labute approximate surface area is 110 Å². The van der Waals surface area contributed by atoms with E-state index in [1.54, 1.807) is 31.5 Å². The Morgan fingerprint density at radius 1 is 1.26 bits per heavy atom. The average Bonchev–Trinajstić information content (AvgIpc) is 2.43. The van der Waals surface area contributed by atoms with E-state index >= 15 is 0 Å². The summed E-state index contributed by atoms with van der Waals surface area (Å²) >= 11 is 0. The number of aromatic nitrogens is 2. The molecule has 0 atom stereocenters. The Morgan fingerprint density at radius 3 is 2.63 bits per heavy atom. The smallest absolute Gasteiger partial charge is 0.222 e. The third-order valence-corrected chi connectivity index (χ3v) is 2.66. The van der Waals surface area contributed by atoms with Gasteiger partial charge < -0.3 is 5.32 Å². The molecule has 2 rings (SSSR count). The Balaban J connectivity index is 2.13. The molecule has 0 aliphatic carbocycles. The maximum atomic E-state index is 13.2. The van der Waals surface area contributed by atoms with Crippen LogP contribution in [0.4, 0.5) is 10.3 Å². The van der Waals surface area contributed by atoms with Crippen LogP contribution in [0.3, 0.4) is 0 Å². The van der Waals surface area contributed by atoms with E-state index < -0.39 is 0 Å². The fourth-order valence-corrected chi connectivity index (χ4v) is 1.62. The van der Waals surface area contributed by atoms with Crippen molar-refractivity contribution in [2.75, 3.05) is 11.9 Å². The van der Waals surface area contributed by atoms with Gasteiger partial charge in [-0.3, -0.25) is 0 Å². The molecule has 0 saturated heterocycles. The van der Waals surface area contributed by atoms with Crippen molar-refractivity contribution in [2.24, 2.45) is 0 Å². The molecule has 0 aliphatic heterocycles. The van der Waals surface area contributed by atoms with Crippen LogP contribution < -0.4 is 5.32 Å². The summed E-state index contributed by atoms with van der Waals surface area (Å²) in [5, 5.41) is 11.4. The molecule has 0 fully saturated rings. The van der Waals surface area contributed by atoms with E-state index in [2.05, 4.69) is 15.3 Å². The number of halogens is 1. The lowest BCUT2D eigenvalue weighted by Gasteiger charge is -2.05. The lowest BCUT2D eigenvalue weighted by atomic mass is 10.1. The van der Waals surface area contributed by atoms with E-state index in [0.29, 0.717) is 24.5 Å². The summed E-state index contributed by atoms with van der Waals surface area (Å²) in [7, 11) is 0. The minimum atomic E-state index is -0.223. The van der Waals surface area contributed by atoms with Gasteiger partial charge in [0.05, 0.1) is 12.5 Å². The van der Waals surface area contributed by atoms with Crippen LogP contribution in [-0.2, 0) is 0 Å². The average molecular weight is 256 g/mol. The molecule has 1 N–H and O–H groups in total. The Morgan fingerprint density at radius 2 is 2.00 bits per heavy atom. The first-order valence-electron chi connectivity index (χ1n) is 5.90. The summed E-state index contributed by atoms with van der Waals surface area (Å²) in [4.78, 5) is 8.31. The summed E-state index contributed by atoms with van der Waals surface area (Å²) < 4.78 is 13.2. The van der Waals surface area contributed by atoms with Gasteiger partial charge in [0.1, 0.15) is 5.82 Å². The lowest BCUT2D eigenvalue weighted by molar-refractivity contribution is 0.619. The molecule has 0 amide bonds. The molecule has 1 aromatic carbocycles. The minimum absolute atomic E-state index is 0.223. The van der Waals surface area contributed by atoms with Crippen LogP contribution in [0.5, 0.6) is 0 Å². The molecule has 96 valence electrons. The number of nitrogens with one attached hydrogen (secondary N) is 1. The number of rotatable bonds is 4. The SMILES string of the molecule is Cc1cc(-c2cnc(NCCC#N)nc2)ccc1F. The number of nitriles is 1. The summed E-state index contributed by atoms with van der Waals surface area (Å²) in [6.07, 6.45) is 3.75. The molecule has 19 heavy (non-hydrogen) atoms. The third-order valence-electron chi connectivity index (χ3n) is 2.66. The highest BCUT2D eigenvalue weighted by atomic mass is 19.1. The standard InChI is InChI=1S/C14H13FN4/c1-10-7-11(3-4-13(10)15)12-8-18-14(19-9-12)17-6-2-5-16/h3-4,7-9H,2,6H2,1H3,(H,17,18,19). The van der Waals surface area contributed by atoms with Crippen molar-refractivity contribution < 1.29 is 4.39 Å². The van der Waals surface area contributed by atoms with E-state index in [0.717, 1.165) is 11.1 Å². The fourth-order valence-electron chi connectivity index (χ4n) is 1.62. The summed E-state index contributed by atoms with van der Waals surface area (Å²) in [6, 6.07) is 6.93. The molecule has 0 aliphatic rings. The van der Waals surface area contributed by atoms with E-state index in [-0.39, 0.29) is 5.82 Å². The summed E-state index contributed by atoms with van der Waals surface area (Å²) in [5.41, 5.74) is 2.30. The molecule has 0 spiro atoms. The number of anilines is 1. The van der Waals surface area contributed by atoms with Gasteiger partial charge in [-0.05, 0) is 30.2 Å². The first-order chi connectivity index (χ1) is 9.20. The second-order valence-electron chi connectivity index (χ2n) is 4.09. The number of hydrogen-bond donors (Lipinski definition) is 1. The van der Waals surface area contributed by atoms with Gasteiger partial charge in [-0.25, -0.2) is 14.4 Å². The molecule has 0 radical (unpaired) electrons. The predicted molar refractivity (Wildman–Crippen MR) is 70.9 cm³/mol. The fraction of sp³-hybridized carbons (Fsp3) is 0.214. The Kier molecular flexibility index (Phi) is 4.04. The predicted octanol–water partition coefficient (Wildman–Crippen LogP) is 2.92. The molecule has 4 nitrogen and oxygen atoms in total. The number of aryl methyl sites for hydroxylation is 1. The van der Waals surface area contributed by atoms with Crippen molar-refractivity contribution in [3.8, 4) is 17.2 Å². The van der Waals surface area contributed by atoms with Crippen LogP contribution in [0, 0.1) is 24.1 Å². The zero-order valence-corrected chi connectivity index (χ0v) is 10.5. The van der Waals surface area contributed by atoms with Crippen LogP contribution in [0.1, 0.15) is 12.0 Å².